The van der Waals surface area contributed by atoms with Crippen molar-refractivity contribution in [2.24, 2.45) is 5.41 Å². The molecule has 1 aromatic rings. The number of carbonyl (C=O) groups excluding carboxylic acids is 1. The molecule has 132 valence electrons. The van der Waals surface area contributed by atoms with Crippen LogP contribution in [-0.2, 0) is 14.8 Å². The Kier molecular flexibility index (Phi) is 4.84. The Labute approximate surface area is 141 Å². The lowest BCUT2D eigenvalue weighted by Crippen LogP contribution is -2.49. The van der Waals surface area contributed by atoms with Crippen molar-refractivity contribution in [3.8, 4) is 0 Å². The summed E-state index contributed by atoms with van der Waals surface area (Å²) >= 11 is 0. The fourth-order valence-electron chi connectivity index (χ4n) is 3.30. The van der Waals surface area contributed by atoms with Gasteiger partial charge in [0.1, 0.15) is 5.69 Å². The highest BCUT2D eigenvalue weighted by molar-refractivity contribution is 7.88. The lowest BCUT2D eigenvalue weighted by atomic mass is 9.79. The molecule has 0 aromatic carbocycles. The van der Waals surface area contributed by atoms with Gasteiger partial charge in [0.15, 0.2) is 0 Å². The standard InChI is InChI=1S/C15H22N4O4S/c1-24(21,22)19-8-9-23-12-15(11-19)2-6-18(7-3-15)14(20)13-10-16-4-5-17-13/h4-5,10H,2-3,6-9,11-12H2,1H3. The summed E-state index contributed by atoms with van der Waals surface area (Å²) in [4.78, 5) is 22.2. The monoisotopic (exact) mass is 354 g/mol. The number of carbonyl (C=O) groups is 1. The van der Waals surface area contributed by atoms with E-state index in [-0.39, 0.29) is 11.3 Å². The predicted molar refractivity (Wildman–Crippen MR) is 86.8 cm³/mol. The molecule has 2 aliphatic heterocycles. The molecule has 1 aromatic heterocycles. The average molecular weight is 354 g/mol. The quantitative estimate of drug-likeness (QED) is 0.742. The van der Waals surface area contributed by atoms with Crippen LogP contribution < -0.4 is 0 Å². The summed E-state index contributed by atoms with van der Waals surface area (Å²) in [5.41, 5.74) is 0.113. The number of sulfonamides is 1. The molecule has 8 nitrogen and oxygen atoms in total. The molecular weight excluding hydrogens is 332 g/mol. The lowest BCUT2D eigenvalue weighted by molar-refractivity contribution is 0.0177. The van der Waals surface area contributed by atoms with E-state index in [2.05, 4.69) is 9.97 Å². The van der Waals surface area contributed by atoms with E-state index in [1.165, 1.54) is 29.2 Å². The lowest BCUT2D eigenvalue weighted by Gasteiger charge is -2.42. The Morgan fingerprint density at radius 2 is 2.00 bits per heavy atom. The largest absolute Gasteiger partial charge is 0.379 e. The number of ether oxygens (including phenoxy) is 1. The van der Waals surface area contributed by atoms with E-state index in [9.17, 15) is 13.2 Å². The maximum atomic E-state index is 12.4. The van der Waals surface area contributed by atoms with Gasteiger partial charge in [-0.15, -0.1) is 0 Å². The Balaban J connectivity index is 1.68. The number of piperidine rings is 1. The minimum absolute atomic E-state index is 0.132. The maximum absolute atomic E-state index is 12.4. The van der Waals surface area contributed by atoms with Crippen molar-refractivity contribution >= 4 is 15.9 Å². The van der Waals surface area contributed by atoms with Gasteiger partial charge in [-0.05, 0) is 12.8 Å². The van der Waals surface area contributed by atoms with Gasteiger partial charge in [-0.25, -0.2) is 13.4 Å². The van der Waals surface area contributed by atoms with Crippen molar-refractivity contribution in [3.05, 3.63) is 24.3 Å². The summed E-state index contributed by atoms with van der Waals surface area (Å²) in [6.07, 6.45) is 7.16. The van der Waals surface area contributed by atoms with Gasteiger partial charge in [-0.2, -0.15) is 4.31 Å². The van der Waals surface area contributed by atoms with Crippen molar-refractivity contribution in [2.75, 3.05) is 45.6 Å². The van der Waals surface area contributed by atoms with Crippen LogP contribution >= 0.6 is 0 Å². The molecule has 0 atom stereocenters. The molecule has 3 heterocycles. The summed E-state index contributed by atoms with van der Waals surface area (Å²) in [7, 11) is -3.24. The number of hydrogen-bond acceptors (Lipinski definition) is 6. The van der Waals surface area contributed by atoms with Gasteiger partial charge in [0.25, 0.3) is 5.91 Å². The fourth-order valence-corrected chi connectivity index (χ4v) is 4.21. The molecule has 2 saturated heterocycles. The Morgan fingerprint density at radius 3 is 2.62 bits per heavy atom. The Bertz CT molecular complexity index is 687. The smallest absolute Gasteiger partial charge is 0.274 e. The van der Waals surface area contributed by atoms with E-state index in [1.807, 2.05) is 0 Å². The second kappa shape index (κ2) is 6.73. The molecular formula is C15H22N4O4S. The molecule has 1 amide bonds. The molecule has 3 rings (SSSR count). The number of likely N-dealkylation sites (tertiary alicyclic amines) is 1. The van der Waals surface area contributed by atoms with Crippen LogP contribution in [0.25, 0.3) is 0 Å². The topological polar surface area (TPSA) is 92.7 Å². The molecule has 0 bridgehead atoms. The number of aromatic nitrogens is 2. The molecule has 0 aliphatic carbocycles. The second-order valence-electron chi connectivity index (χ2n) is 6.53. The highest BCUT2D eigenvalue weighted by Crippen LogP contribution is 2.35. The minimum Gasteiger partial charge on any atom is -0.379 e. The summed E-state index contributed by atoms with van der Waals surface area (Å²) in [6, 6.07) is 0. The van der Waals surface area contributed by atoms with Crippen LogP contribution in [0.1, 0.15) is 23.3 Å². The third-order valence-corrected chi connectivity index (χ3v) is 6.02. The zero-order valence-corrected chi connectivity index (χ0v) is 14.5. The molecule has 2 fully saturated rings. The Morgan fingerprint density at radius 1 is 1.25 bits per heavy atom. The highest BCUT2D eigenvalue weighted by atomic mass is 32.2. The normalized spacial score (nSPS) is 22.3. The second-order valence-corrected chi connectivity index (χ2v) is 8.51. The maximum Gasteiger partial charge on any atom is 0.274 e. The molecule has 24 heavy (non-hydrogen) atoms. The molecule has 0 radical (unpaired) electrons. The molecule has 9 heteroatoms. The van der Waals surface area contributed by atoms with Crippen LogP contribution in [0.5, 0.6) is 0 Å². The first-order valence-corrected chi connectivity index (χ1v) is 9.83. The summed E-state index contributed by atoms with van der Waals surface area (Å²) in [5.74, 6) is -0.132. The molecule has 2 aliphatic rings. The van der Waals surface area contributed by atoms with Gasteiger partial charge in [0.05, 0.1) is 25.7 Å². The van der Waals surface area contributed by atoms with Gasteiger partial charge in [0.2, 0.25) is 10.0 Å². The number of hydrogen-bond donors (Lipinski definition) is 0. The third kappa shape index (κ3) is 3.73. The first-order chi connectivity index (χ1) is 11.4. The van der Waals surface area contributed by atoms with E-state index < -0.39 is 10.0 Å². The van der Waals surface area contributed by atoms with Crippen LogP contribution in [0.4, 0.5) is 0 Å². The van der Waals surface area contributed by atoms with Crippen LogP contribution in [0.3, 0.4) is 0 Å². The van der Waals surface area contributed by atoms with Crippen LogP contribution in [0.15, 0.2) is 18.6 Å². The van der Waals surface area contributed by atoms with E-state index in [4.69, 9.17) is 4.74 Å². The summed E-state index contributed by atoms with van der Waals surface area (Å²) in [6.45, 7) is 2.93. The van der Waals surface area contributed by atoms with Gasteiger partial charge >= 0.3 is 0 Å². The SMILES string of the molecule is CS(=O)(=O)N1CCOCC2(CCN(C(=O)c3cnccn3)CC2)C1. The molecule has 0 saturated carbocycles. The van der Waals surface area contributed by atoms with Gasteiger partial charge in [-0.1, -0.05) is 0 Å². The van der Waals surface area contributed by atoms with Crippen molar-refractivity contribution < 1.29 is 17.9 Å². The summed E-state index contributed by atoms with van der Waals surface area (Å²) < 4.78 is 31.0. The Hall–Kier alpha value is -1.58. The van der Waals surface area contributed by atoms with E-state index >= 15 is 0 Å². The average Bonchev–Trinajstić information content (AvgIpc) is 2.79. The molecule has 1 spiro atoms. The van der Waals surface area contributed by atoms with E-state index in [1.54, 1.807) is 4.90 Å². The predicted octanol–water partition coefficient (Wildman–Crippen LogP) is -0.00920. The van der Waals surface area contributed by atoms with Crippen molar-refractivity contribution in [2.45, 2.75) is 12.8 Å². The van der Waals surface area contributed by atoms with Crippen molar-refractivity contribution in [3.63, 3.8) is 0 Å². The van der Waals surface area contributed by atoms with Crippen molar-refractivity contribution in [1.29, 1.82) is 0 Å². The molecule has 0 N–H and O–H groups in total. The fraction of sp³-hybridized carbons (Fsp3) is 0.667. The number of rotatable bonds is 2. The van der Waals surface area contributed by atoms with Crippen LogP contribution in [-0.4, -0.2) is 79.1 Å². The van der Waals surface area contributed by atoms with Crippen LogP contribution in [0, 0.1) is 5.41 Å². The summed E-state index contributed by atoms with van der Waals surface area (Å²) in [5, 5.41) is 0. The zero-order chi connectivity index (χ0) is 17.2. The molecule has 0 unspecified atom stereocenters. The van der Waals surface area contributed by atoms with Gasteiger partial charge < -0.3 is 9.64 Å². The third-order valence-electron chi connectivity index (χ3n) is 4.77. The first-order valence-electron chi connectivity index (χ1n) is 7.98. The van der Waals surface area contributed by atoms with Gasteiger partial charge in [-0.3, -0.25) is 9.78 Å². The first kappa shape index (κ1) is 17.2. The minimum atomic E-state index is -3.24. The van der Waals surface area contributed by atoms with Crippen molar-refractivity contribution in [1.82, 2.24) is 19.2 Å². The number of amides is 1. The number of nitrogens with zero attached hydrogens (tertiary/aromatic N) is 4. The van der Waals surface area contributed by atoms with E-state index in [0.717, 1.165) is 0 Å². The van der Waals surface area contributed by atoms with Gasteiger partial charge in [0, 0.05) is 44.0 Å². The highest BCUT2D eigenvalue weighted by Gasteiger charge is 2.41. The zero-order valence-electron chi connectivity index (χ0n) is 13.7. The van der Waals surface area contributed by atoms with Crippen LogP contribution in [0.2, 0.25) is 0 Å². The van der Waals surface area contributed by atoms with E-state index in [0.29, 0.717) is 57.9 Å².